The van der Waals surface area contributed by atoms with Gasteiger partial charge < -0.3 is 0 Å². The van der Waals surface area contributed by atoms with Gasteiger partial charge in [-0.25, -0.2) is 0 Å². The van der Waals surface area contributed by atoms with Crippen molar-refractivity contribution in [3.63, 3.8) is 0 Å². The first kappa shape index (κ1) is 40.6. The second-order valence-corrected chi connectivity index (χ2v) is 19.4. The molecular weight excluding hydrogens is 802 g/mol. The number of carbonyl (C=O) groups is 3. The molecular formula is C31H41F3IN5O9S. The van der Waals surface area contributed by atoms with Crippen molar-refractivity contribution in [1.82, 2.24) is 19.6 Å². The summed E-state index contributed by atoms with van der Waals surface area (Å²) in [6.07, 6.45) is -1.92. The van der Waals surface area contributed by atoms with Gasteiger partial charge in [0.15, 0.2) is 0 Å². The number of amides is 4. The molecule has 0 spiro atoms. The molecule has 3 rings (SSSR count). The van der Waals surface area contributed by atoms with Gasteiger partial charge in [0.2, 0.25) is 0 Å². The summed E-state index contributed by atoms with van der Waals surface area (Å²) in [5.41, 5.74) is -7.17. The maximum absolute atomic E-state index is 13.8. The first-order valence-corrected chi connectivity index (χ1v) is 19.3. The average Bonchev–Trinajstić information content (AvgIpc) is 2.98. The summed E-state index contributed by atoms with van der Waals surface area (Å²) >= 11 is -3.75. The zero-order chi connectivity index (χ0) is 37.8. The molecule has 0 radical (unpaired) electrons. The number of halogens is 4. The van der Waals surface area contributed by atoms with Crippen LogP contribution in [0.15, 0.2) is 53.5 Å². The van der Waals surface area contributed by atoms with Crippen molar-refractivity contribution < 1.29 is 52.7 Å². The van der Waals surface area contributed by atoms with Gasteiger partial charge in [0, 0.05) is 0 Å². The fourth-order valence-electron chi connectivity index (χ4n) is 4.19. The molecule has 4 amide bonds. The molecule has 0 N–H and O–H groups in total. The second kappa shape index (κ2) is 15.6. The van der Waals surface area contributed by atoms with Crippen LogP contribution < -0.4 is 4.74 Å². The third kappa shape index (κ3) is 11.1. The zero-order valence-electron chi connectivity index (χ0n) is 29.1. The van der Waals surface area contributed by atoms with E-state index < -0.39 is 59.2 Å². The van der Waals surface area contributed by atoms with Crippen molar-refractivity contribution in [1.29, 1.82) is 0 Å². The Morgan fingerprint density at radius 2 is 1.34 bits per heavy atom. The van der Waals surface area contributed by atoms with E-state index in [0.29, 0.717) is 11.3 Å². The molecule has 50 heavy (non-hydrogen) atoms. The first-order valence-electron chi connectivity index (χ1n) is 14.9. The summed E-state index contributed by atoms with van der Waals surface area (Å²) in [5, 5.41) is 0. The summed E-state index contributed by atoms with van der Waals surface area (Å²) < 4.78 is 85.9. The van der Waals surface area contributed by atoms with E-state index in [4.69, 9.17) is 16.7 Å². The Balaban J connectivity index is 2.10. The standard InChI is InChI=1S/C31H41F3IN5O9S/c1-29(2,3)47-26(41)36-25(39-19-37(7)27(42)38(8)20-39)40(28(43)48-30(4,5)6)18-21-10-12-22(13-11-21)35(49-50(44,45)31(32,33)34)23-14-16-24(46-9)17-15-23/h10-17H,18-20H2,1-9H3. The number of hydrogen-bond donors (Lipinski definition) is 0. The van der Waals surface area contributed by atoms with Crippen molar-refractivity contribution in [2.45, 2.75) is 64.8 Å². The van der Waals surface area contributed by atoms with E-state index in [1.807, 2.05) is 0 Å². The molecule has 1 fully saturated rings. The number of alkyl halides is 3. The average molecular weight is 844 g/mol. The molecule has 14 nitrogen and oxygen atoms in total. The number of benzene rings is 2. The first-order chi connectivity index (χ1) is 22.9. The molecule has 2 aromatic carbocycles. The molecule has 1 saturated heterocycles. The van der Waals surface area contributed by atoms with Gasteiger partial charge >= 0.3 is 298 Å². The number of ether oxygens (including phenoxy) is 3. The van der Waals surface area contributed by atoms with Gasteiger partial charge in [-0.3, -0.25) is 0 Å². The molecule has 1 aliphatic heterocycles. The van der Waals surface area contributed by atoms with Crippen LogP contribution in [-0.4, -0.2) is 103 Å². The fourth-order valence-corrected chi connectivity index (χ4v) is 10.6. The molecule has 0 atom stereocenters. The van der Waals surface area contributed by atoms with Gasteiger partial charge in [-0.15, -0.1) is 0 Å². The molecule has 0 aliphatic carbocycles. The molecule has 0 saturated carbocycles. The van der Waals surface area contributed by atoms with Crippen molar-refractivity contribution >= 4 is 54.5 Å². The second-order valence-electron chi connectivity index (χ2n) is 13.0. The number of guanidine groups is 1. The summed E-state index contributed by atoms with van der Waals surface area (Å²) in [4.78, 5) is 48.7. The number of urea groups is 1. The van der Waals surface area contributed by atoms with Crippen molar-refractivity contribution in [3.05, 3.63) is 61.2 Å². The van der Waals surface area contributed by atoms with Crippen molar-refractivity contribution in [2.75, 3.05) is 34.5 Å². The predicted molar refractivity (Wildman–Crippen MR) is 185 cm³/mol. The summed E-state index contributed by atoms with van der Waals surface area (Å²) in [6.45, 7) is 9.44. The zero-order valence-corrected chi connectivity index (χ0v) is 32.0. The number of carbonyl (C=O) groups excluding carboxylic acids is 3. The Bertz CT molecular complexity index is 1660. The SMILES string of the molecule is COc1ccc(I(OS(=O)(=O)C(F)(F)F)c2ccc(CN(C(=O)OC(C)(C)C)C(=NC(=O)OC(C)(C)C)N3CN(C)C(=O)N(C)C3)cc2)cc1. The fraction of sp³-hybridized carbons (Fsp3) is 0.484. The molecule has 19 heteroatoms. The summed E-state index contributed by atoms with van der Waals surface area (Å²) in [6, 6.07) is 11.3. The van der Waals surface area contributed by atoms with Gasteiger partial charge in [0.05, 0.1) is 0 Å². The van der Waals surface area contributed by atoms with E-state index in [0.717, 1.165) is 4.90 Å². The van der Waals surface area contributed by atoms with Gasteiger partial charge in [0.1, 0.15) is 0 Å². The molecule has 0 bridgehead atoms. The Labute approximate surface area is 297 Å². The van der Waals surface area contributed by atoms with Gasteiger partial charge in [-0.2, -0.15) is 0 Å². The van der Waals surface area contributed by atoms with E-state index >= 15 is 0 Å². The normalized spacial score (nSPS) is 15.1. The predicted octanol–water partition coefficient (Wildman–Crippen LogP) is 6.26. The van der Waals surface area contributed by atoms with Crippen LogP contribution in [0.25, 0.3) is 0 Å². The quantitative estimate of drug-likeness (QED) is 0.135. The van der Waals surface area contributed by atoms with Crippen LogP contribution in [0.1, 0.15) is 47.1 Å². The topological polar surface area (TPSA) is 148 Å². The minimum absolute atomic E-state index is 0.0656. The van der Waals surface area contributed by atoms with Crippen LogP contribution in [0.3, 0.4) is 0 Å². The number of nitrogens with zero attached hydrogens (tertiary/aromatic N) is 5. The van der Waals surface area contributed by atoms with E-state index in [9.17, 15) is 36.0 Å². The van der Waals surface area contributed by atoms with Crippen LogP contribution in [0.4, 0.5) is 27.6 Å². The Kier molecular flexibility index (Phi) is 12.6. The summed E-state index contributed by atoms with van der Waals surface area (Å²) in [5.74, 6) is 0.204. The third-order valence-corrected chi connectivity index (χ3v) is 13.3. The monoisotopic (exact) mass is 843 g/mol. The van der Waals surface area contributed by atoms with Crippen molar-refractivity contribution in [3.8, 4) is 5.75 Å². The Morgan fingerprint density at radius 3 is 1.78 bits per heavy atom. The molecule has 2 aromatic rings. The number of aliphatic imine (C=N–C) groups is 1. The van der Waals surface area contributed by atoms with Gasteiger partial charge in [0.25, 0.3) is 0 Å². The Morgan fingerprint density at radius 1 is 0.860 bits per heavy atom. The van der Waals surface area contributed by atoms with Crippen LogP contribution in [0.5, 0.6) is 5.75 Å². The minimum atomic E-state index is -5.96. The van der Waals surface area contributed by atoms with E-state index in [1.54, 1.807) is 41.5 Å². The van der Waals surface area contributed by atoms with Crippen LogP contribution in [0.2, 0.25) is 0 Å². The number of hydrogen-bond acceptors (Lipinski definition) is 9. The van der Waals surface area contributed by atoms with E-state index in [-0.39, 0.29) is 39.0 Å². The van der Waals surface area contributed by atoms with E-state index in [2.05, 4.69) is 4.99 Å². The molecule has 0 aromatic heterocycles. The molecule has 278 valence electrons. The van der Waals surface area contributed by atoms with E-state index in [1.165, 1.54) is 84.4 Å². The van der Waals surface area contributed by atoms with Crippen molar-refractivity contribution in [2.24, 2.45) is 4.99 Å². The van der Waals surface area contributed by atoms with Crippen LogP contribution in [-0.2, 0) is 28.6 Å². The molecule has 1 aliphatic rings. The van der Waals surface area contributed by atoms with Crippen LogP contribution >= 0.6 is 20.2 Å². The number of methoxy groups -OCH3 is 1. The maximum atomic E-state index is 13.8. The Hall–Kier alpha value is -3.85. The third-order valence-electron chi connectivity index (χ3n) is 6.27. The van der Waals surface area contributed by atoms with Gasteiger partial charge in [-0.1, -0.05) is 0 Å². The summed E-state index contributed by atoms with van der Waals surface area (Å²) in [7, 11) is -1.50. The number of rotatable bonds is 7. The molecule has 0 unspecified atom stereocenters. The van der Waals surface area contributed by atoms with Gasteiger partial charge in [-0.05, 0) is 0 Å². The molecule has 1 heterocycles. The van der Waals surface area contributed by atoms with Crippen LogP contribution in [0, 0.1) is 7.14 Å².